The van der Waals surface area contributed by atoms with Crippen molar-refractivity contribution in [2.45, 2.75) is 209 Å². The summed E-state index contributed by atoms with van der Waals surface area (Å²) in [6.45, 7) is 16.8. The summed E-state index contributed by atoms with van der Waals surface area (Å²) in [4.78, 5) is 43.4. The lowest BCUT2D eigenvalue weighted by atomic mass is 9.96. The Bertz CT molecular complexity index is 5570. The SMILES string of the molecule is CCC/C=C/c1ccc(-c2c(C)c(CNC(=O)C3CC3)nn2-c2ccc(Cl)cc2Cl)s1.CCCCCc1ccc(-c2c(C)c(CNC(=O)NCCC)nn2-c2ccc(Cl)cc2Cl)s1.Cc1c(CNC(=O)NC2CCCCC2)nn(-c2ccc(Cl)cc2Cl)c1-c1ccc(Cl)s1.Cc1c(CNC(=S)NC2CCCCC2)nn(-c2ccc(Cl)cc2Cl)c1-c1ccc(Cl)s1. The smallest absolute Gasteiger partial charge is 0.315 e. The van der Waals surface area contributed by atoms with Gasteiger partial charge in [0.2, 0.25) is 5.91 Å². The van der Waals surface area contributed by atoms with Gasteiger partial charge in [-0.15, -0.1) is 45.3 Å². The third kappa shape index (κ3) is 26.4. The summed E-state index contributed by atoms with van der Waals surface area (Å²) in [5.74, 6) is 0.279. The van der Waals surface area contributed by atoms with Crippen molar-refractivity contribution in [1.29, 1.82) is 0 Å². The second kappa shape index (κ2) is 46.9. The van der Waals surface area contributed by atoms with Gasteiger partial charge in [0.15, 0.2) is 5.11 Å². The number of urea groups is 2. The number of carbonyl (C=O) groups excluding carboxylic acids is 3. The van der Waals surface area contributed by atoms with Crippen LogP contribution in [-0.2, 0) is 37.4 Å². The number of amides is 5. The van der Waals surface area contributed by atoms with E-state index in [1.165, 1.54) is 103 Å². The summed E-state index contributed by atoms with van der Waals surface area (Å²) < 4.78 is 8.82. The number of benzene rings is 4. The number of hydrogen-bond donors (Lipinski definition) is 7. The lowest BCUT2D eigenvalue weighted by molar-refractivity contribution is -0.122. The average molecular weight is 1980 g/mol. The number of rotatable bonds is 28. The van der Waals surface area contributed by atoms with E-state index in [2.05, 4.69) is 94.4 Å². The molecule has 33 heteroatoms. The average Bonchev–Trinajstić information content (AvgIpc) is 1.64. The molecule has 5 amide bonds. The van der Waals surface area contributed by atoms with Gasteiger partial charge in [0.05, 0.1) is 143 Å². The standard InChI is InChI=1S/C24H30Cl2N4OS.C24H25Cl2N3OS.C22H23Cl3N4OS.C22H23Cl3N4S2/c1-4-6-7-8-18-10-12-22(32-18)23-16(3)20(15-28-24(31)27-13-5-2)29-30(23)21-11-9-17(25)14-19(21)26;1-3-4-5-6-18-10-12-22(31-18)23-15(2)20(14-27-24(30)16-7-8-16)28-29(23)21-11-9-17(25)13-19(21)26;2*1-13-17(12-26-22(30)27-15-5-3-2-4-6-15)28-29(18-8-7-14(23)11-16(18)24)21(13)19-9-10-20(25)31-19/h9-12,14H,4-8,13,15H2,1-3H3,(H2,27,28,31);5-6,9-13,16H,3-4,7-8,14H2,1-2H3,(H,27,30);2*7-11,15H,2-6,12H2,1H3,(H2,26,27,30)/b;6-5+;;. The van der Waals surface area contributed by atoms with Gasteiger partial charge in [0.25, 0.3) is 0 Å². The molecular formula is C92H101Cl10N15O3S5. The Morgan fingerprint density at radius 2 is 0.808 bits per heavy atom. The summed E-state index contributed by atoms with van der Waals surface area (Å²) in [6, 6.07) is 38.2. The zero-order valence-corrected chi connectivity index (χ0v) is 82.2. The molecule has 0 radical (unpaired) electrons. The molecule has 0 spiro atoms. The second-order valence-corrected chi connectivity index (χ2v) is 40.5. The van der Waals surface area contributed by atoms with Crippen molar-refractivity contribution in [2.75, 3.05) is 6.54 Å². The molecule has 0 saturated heterocycles. The van der Waals surface area contributed by atoms with E-state index in [0.717, 1.165) is 160 Å². The van der Waals surface area contributed by atoms with Gasteiger partial charge in [-0.1, -0.05) is 201 Å². The predicted octanol–water partition coefficient (Wildman–Crippen LogP) is 28.4. The van der Waals surface area contributed by atoms with Crippen molar-refractivity contribution < 1.29 is 14.4 Å². The maximum Gasteiger partial charge on any atom is 0.315 e. The van der Waals surface area contributed by atoms with E-state index in [1.54, 1.807) is 57.7 Å². The monoisotopic (exact) mass is 1970 g/mol. The summed E-state index contributed by atoms with van der Waals surface area (Å²) >= 11 is 74.9. The van der Waals surface area contributed by atoms with Crippen molar-refractivity contribution in [1.82, 2.24) is 76.3 Å². The van der Waals surface area contributed by atoms with Crippen LogP contribution in [0.4, 0.5) is 9.59 Å². The Morgan fingerprint density at radius 3 is 1.21 bits per heavy atom. The number of nitrogens with zero attached hydrogens (tertiary/aromatic N) is 8. The van der Waals surface area contributed by atoms with Crippen LogP contribution in [0.1, 0.15) is 191 Å². The normalized spacial score (nSPS) is 13.5. The summed E-state index contributed by atoms with van der Waals surface area (Å²) in [6.07, 6.45) is 26.0. The highest BCUT2D eigenvalue weighted by atomic mass is 35.5. The molecule has 3 fully saturated rings. The minimum Gasteiger partial charge on any atom is -0.360 e. The van der Waals surface area contributed by atoms with Crippen molar-refractivity contribution in [3.05, 3.63) is 231 Å². The van der Waals surface area contributed by atoms with Crippen LogP contribution in [0.2, 0.25) is 48.9 Å². The van der Waals surface area contributed by atoms with Crippen LogP contribution in [-0.4, -0.2) is 80.8 Å². The summed E-state index contributed by atoms with van der Waals surface area (Å²) in [7, 11) is 0. The number of thiocarbonyl (C=S) groups is 1. The Labute approximate surface area is 803 Å². The number of aromatic nitrogens is 8. The molecule has 18 nitrogen and oxygen atoms in total. The second-order valence-electron chi connectivity index (χ2n) is 31.0. The third-order valence-corrected chi connectivity index (χ3v) is 28.7. The van der Waals surface area contributed by atoms with Gasteiger partial charge in [-0.2, -0.15) is 20.4 Å². The topological polar surface area (TPSA) is 207 Å². The van der Waals surface area contributed by atoms with E-state index in [0.29, 0.717) is 94.1 Å². The number of aryl methyl sites for hydroxylation is 1. The molecule has 15 rings (SSSR count). The zero-order valence-electron chi connectivity index (χ0n) is 70.5. The number of carbonyl (C=O) groups is 3. The van der Waals surface area contributed by atoms with Gasteiger partial charge in [0, 0.05) is 76.6 Å². The lowest BCUT2D eigenvalue weighted by Gasteiger charge is -2.24. The highest BCUT2D eigenvalue weighted by Crippen LogP contribution is 2.43. The third-order valence-electron chi connectivity index (χ3n) is 21.6. The number of thiophene rings is 4. The number of halogens is 10. The van der Waals surface area contributed by atoms with Crippen LogP contribution in [0.15, 0.2) is 127 Å². The Balaban J connectivity index is 0.000000152. The van der Waals surface area contributed by atoms with E-state index >= 15 is 0 Å². The summed E-state index contributed by atoms with van der Waals surface area (Å²) in [5, 5.41) is 46.0. The molecule has 125 heavy (non-hydrogen) atoms. The maximum atomic E-state index is 12.4. The van der Waals surface area contributed by atoms with E-state index in [4.69, 9.17) is 149 Å². The van der Waals surface area contributed by atoms with E-state index < -0.39 is 0 Å². The maximum absolute atomic E-state index is 12.4. The van der Waals surface area contributed by atoms with Gasteiger partial charge in [-0.3, -0.25) is 4.79 Å². The molecule has 0 bridgehead atoms. The van der Waals surface area contributed by atoms with E-state index in [9.17, 15) is 14.4 Å². The van der Waals surface area contributed by atoms with Gasteiger partial charge in [0.1, 0.15) is 0 Å². The first-order chi connectivity index (χ1) is 60.3. The van der Waals surface area contributed by atoms with E-state index in [-0.39, 0.29) is 29.9 Å². The van der Waals surface area contributed by atoms with Gasteiger partial charge in [-0.25, -0.2) is 28.3 Å². The molecule has 7 N–H and O–H groups in total. The minimum atomic E-state index is -0.193. The van der Waals surface area contributed by atoms with Crippen LogP contribution in [0.3, 0.4) is 0 Å². The fraction of sp³-hybridized carbons (Fsp3) is 0.370. The highest BCUT2D eigenvalue weighted by Gasteiger charge is 2.31. The Kier molecular flexibility index (Phi) is 36.4. The number of unbranched alkanes of at least 4 members (excludes halogenated alkanes) is 3. The molecule has 0 atom stereocenters. The first-order valence-corrected chi connectivity index (χ1v) is 49.6. The van der Waals surface area contributed by atoms with Gasteiger partial charge < -0.3 is 37.2 Å². The Morgan fingerprint density at radius 1 is 0.416 bits per heavy atom. The molecular weight excluding hydrogens is 1880 g/mol. The van der Waals surface area contributed by atoms with Crippen LogP contribution in [0.5, 0.6) is 0 Å². The number of allylic oxidation sites excluding steroid dienone is 1. The molecule has 3 aliphatic rings. The molecule has 4 aromatic carbocycles. The number of nitrogens with one attached hydrogen (secondary N) is 7. The fourth-order valence-electron chi connectivity index (χ4n) is 14.7. The predicted molar refractivity (Wildman–Crippen MR) is 531 cm³/mol. The zero-order chi connectivity index (χ0) is 89.0. The fourth-order valence-corrected chi connectivity index (χ4v) is 21.3. The first kappa shape index (κ1) is 96.9. The van der Waals surface area contributed by atoms with E-state index in [1.807, 2.05) is 108 Å². The Hall–Kier alpha value is -7.14. The van der Waals surface area contributed by atoms with Crippen LogP contribution in [0.25, 0.3) is 71.1 Å². The van der Waals surface area contributed by atoms with Gasteiger partial charge in [-0.05, 0) is 232 Å². The summed E-state index contributed by atoms with van der Waals surface area (Å²) in [5.41, 5.74) is 14.2. The van der Waals surface area contributed by atoms with Crippen molar-refractivity contribution in [2.24, 2.45) is 5.92 Å². The van der Waals surface area contributed by atoms with Crippen LogP contribution >= 0.6 is 174 Å². The molecule has 0 unspecified atom stereocenters. The van der Waals surface area contributed by atoms with Crippen molar-refractivity contribution in [3.8, 4) is 65.0 Å². The van der Waals surface area contributed by atoms with Crippen LogP contribution in [0, 0.1) is 33.6 Å². The van der Waals surface area contributed by atoms with Gasteiger partial charge >= 0.3 is 12.1 Å². The lowest BCUT2D eigenvalue weighted by Crippen LogP contribution is -2.42. The molecule has 3 aliphatic carbocycles. The molecule has 3 saturated carbocycles. The largest absolute Gasteiger partial charge is 0.360 e. The molecule has 0 aliphatic heterocycles. The molecule has 8 heterocycles. The van der Waals surface area contributed by atoms with Crippen molar-refractivity contribution >= 4 is 203 Å². The molecule has 12 aromatic rings. The number of hydrogen-bond acceptors (Lipinski definition) is 12. The molecule has 8 aromatic heterocycles. The minimum absolute atomic E-state index is 0.111. The first-order valence-electron chi connectivity index (χ1n) is 42.2. The van der Waals surface area contributed by atoms with Crippen LogP contribution < -0.4 is 37.2 Å². The highest BCUT2D eigenvalue weighted by molar-refractivity contribution is 7.80. The molecule has 662 valence electrons. The van der Waals surface area contributed by atoms with Crippen molar-refractivity contribution in [3.63, 3.8) is 0 Å². The quantitative estimate of drug-likeness (QED) is 0.0182.